The molecule has 0 unspecified atom stereocenters. The largest absolute Gasteiger partial charge is 0.467 e. The molecule has 0 spiro atoms. The number of esters is 1. The monoisotopic (exact) mass is 295 g/mol. The summed E-state index contributed by atoms with van der Waals surface area (Å²) in [5, 5.41) is 2.51. The summed E-state index contributed by atoms with van der Waals surface area (Å²) in [6.45, 7) is 0.660. The van der Waals surface area contributed by atoms with Crippen LogP contribution in [0.15, 0.2) is 30.3 Å². The fourth-order valence-electron chi connectivity index (χ4n) is 1.73. The molecule has 1 amide bonds. The van der Waals surface area contributed by atoms with E-state index in [0.29, 0.717) is 19.4 Å². The molecule has 0 aliphatic rings. The minimum absolute atomic E-state index is 0.151. The van der Waals surface area contributed by atoms with E-state index in [4.69, 9.17) is 9.47 Å². The van der Waals surface area contributed by atoms with Crippen LogP contribution >= 0.6 is 0 Å². The Morgan fingerprint density at radius 2 is 1.90 bits per heavy atom. The molecule has 6 heteroatoms. The molecule has 6 nitrogen and oxygen atoms in total. The second-order valence-corrected chi connectivity index (χ2v) is 4.42. The van der Waals surface area contributed by atoms with E-state index in [0.717, 1.165) is 5.56 Å². The standard InChI is InChI=1S/C15H21NO5/c1-19-10-6-9-13(14(17)20-2)16-15(18)21-11-12-7-4-3-5-8-12/h3-5,7-8,13H,6,9-11H2,1-2H3,(H,16,18)/t13-/m0/s1. The topological polar surface area (TPSA) is 73.9 Å². The van der Waals surface area contributed by atoms with E-state index in [1.54, 1.807) is 7.11 Å². The number of rotatable bonds is 8. The van der Waals surface area contributed by atoms with Crippen LogP contribution in [0.1, 0.15) is 18.4 Å². The molecule has 0 radical (unpaired) electrons. The molecule has 1 rings (SSSR count). The molecule has 0 fully saturated rings. The average Bonchev–Trinajstić information content (AvgIpc) is 2.52. The van der Waals surface area contributed by atoms with Crippen molar-refractivity contribution in [2.45, 2.75) is 25.5 Å². The molecule has 1 aromatic rings. The number of benzene rings is 1. The van der Waals surface area contributed by atoms with Gasteiger partial charge in [-0.05, 0) is 18.4 Å². The smallest absolute Gasteiger partial charge is 0.408 e. The summed E-state index contributed by atoms with van der Waals surface area (Å²) in [5.74, 6) is -0.497. The van der Waals surface area contributed by atoms with Crippen LogP contribution in [0.4, 0.5) is 4.79 Å². The van der Waals surface area contributed by atoms with Crippen LogP contribution in [0, 0.1) is 0 Å². The van der Waals surface area contributed by atoms with Gasteiger partial charge in [-0.2, -0.15) is 0 Å². The van der Waals surface area contributed by atoms with Gasteiger partial charge >= 0.3 is 12.1 Å². The summed E-state index contributed by atoms with van der Waals surface area (Å²) >= 11 is 0. The Hall–Kier alpha value is -2.08. The molecule has 21 heavy (non-hydrogen) atoms. The Bertz CT molecular complexity index is 435. The molecule has 1 aromatic carbocycles. The molecule has 0 saturated heterocycles. The number of methoxy groups -OCH3 is 2. The van der Waals surface area contributed by atoms with Gasteiger partial charge < -0.3 is 19.5 Å². The van der Waals surface area contributed by atoms with E-state index >= 15 is 0 Å². The van der Waals surface area contributed by atoms with Gasteiger partial charge in [0.25, 0.3) is 0 Å². The van der Waals surface area contributed by atoms with E-state index in [1.165, 1.54) is 7.11 Å². The number of carbonyl (C=O) groups excluding carboxylic acids is 2. The van der Waals surface area contributed by atoms with Crippen molar-refractivity contribution < 1.29 is 23.8 Å². The Morgan fingerprint density at radius 1 is 1.19 bits per heavy atom. The summed E-state index contributed by atoms with van der Waals surface area (Å²) in [4.78, 5) is 23.3. The third-order valence-electron chi connectivity index (χ3n) is 2.83. The minimum atomic E-state index is -0.728. The lowest BCUT2D eigenvalue weighted by Gasteiger charge is -2.16. The Kier molecular flexibility index (Phi) is 7.89. The molecule has 0 heterocycles. The van der Waals surface area contributed by atoms with Crippen LogP contribution in [0.3, 0.4) is 0 Å². The van der Waals surface area contributed by atoms with Crippen LogP contribution in [0.5, 0.6) is 0 Å². The van der Waals surface area contributed by atoms with E-state index in [9.17, 15) is 9.59 Å². The van der Waals surface area contributed by atoms with Crippen LogP contribution in [0.25, 0.3) is 0 Å². The third-order valence-corrected chi connectivity index (χ3v) is 2.83. The van der Waals surface area contributed by atoms with Crippen molar-refractivity contribution in [2.24, 2.45) is 0 Å². The first-order valence-corrected chi connectivity index (χ1v) is 6.71. The SMILES string of the molecule is COCCC[C@H](NC(=O)OCc1ccccc1)C(=O)OC. The lowest BCUT2D eigenvalue weighted by molar-refractivity contribution is -0.143. The van der Waals surface area contributed by atoms with Gasteiger partial charge in [0.05, 0.1) is 7.11 Å². The Balaban J connectivity index is 2.41. The fourth-order valence-corrected chi connectivity index (χ4v) is 1.73. The number of alkyl carbamates (subject to hydrolysis) is 1. The zero-order valence-electron chi connectivity index (χ0n) is 12.3. The number of ether oxygens (including phenoxy) is 3. The maximum atomic E-state index is 11.7. The number of amides is 1. The predicted octanol–water partition coefficient (Wildman–Crippen LogP) is 1.88. The van der Waals surface area contributed by atoms with E-state index in [-0.39, 0.29) is 6.61 Å². The maximum absolute atomic E-state index is 11.7. The van der Waals surface area contributed by atoms with Crippen molar-refractivity contribution in [1.82, 2.24) is 5.32 Å². The van der Waals surface area contributed by atoms with Gasteiger partial charge in [0.1, 0.15) is 12.6 Å². The van der Waals surface area contributed by atoms with Gasteiger partial charge in [-0.3, -0.25) is 0 Å². The summed E-state index contributed by atoms with van der Waals surface area (Å²) in [6.07, 6.45) is 0.419. The first-order chi connectivity index (χ1) is 10.2. The van der Waals surface area contributed by atoms with Crippen LogP contribution < -0.4 is 5.32 Å². The summed E-state index contributed by atoms with van der Waals surface area (Å²) in [7, 11) is 2.86. The average molecular weight is 295 g/mol. The van der Waals surface area contributed by atoms with Gasteiger partial charge in [0, 0.05) is 13.7 Å². The normalized spacial score (nSPS) is 11.5. The highest BCUT2D eigenvalue weighted by Crippen LogP contribution is 2.03. The van der Waals surface area contributed by atoms with Crippen molar-refractivity contribution >= 4 is 12.1 Å². The fraction of sp³-hybridized carbons (Fsp3) is 0.467. The van der Waals surface area contributed by atoms with E-state index in [1.807, 2.05) is 30.3 Å². The minimum Gasteiger partial charge on any atom is -0.467 e. The van der Waals surface area contributed by atoms with Crippen LogP contribution in [-0.2, 0) is 25.6 Å². The molecule has 0 saturated carbocycles. The molecule has 0 aromatic heterocycles. The van der Waals surface area contributed by atoms with Crippen molar-refractivity contribution in [3.05, 3.63) is 35.9 Å². The molecule has 0 aliphatic carbocycles. The molecule has 1 atom stereocenters. The second kappa shape index (κ2) is 9.77. The summed E-state index contributed by atoms with van der Waals surface area (Å²) < 4.78 is 14.6. The zero-order valence-corrected chi connectivity index (χ0v) is 12.3. The Labute approximate surface area is 124 Å². The van der Waals surface area contributed by atoms with Crippen molar-refractivity contribution in [1.29, 1.82) is 0 Å². The zero-order chi connectivity index (χ0) is 15.5. The van der Waals surface area contributed by atoms with Crippen LogP contribution in [0.2, 0.25) is 0 Å². The lowest BCUT2D eigenvalue weighted by Crippen LogP contribution is -2.41. The van der Waals surface area contributed by atoms with Crippen LogP contribution in [-0.4, -0.2) is 38.9 Å². The molecular formula is C15H21NO5. The number of carbonyl (C=O) groups is 2. The molecule has 0 bridgehead atoms. The number of hydrogen-bond acceptors (Lipinski definition) is 5. The van der Waals surface area contributed by atoms with E-state index in [2.05, 4.69) is 10.1 Å². The van der Waals surface area contributed by atoms with Gasteiger partial charge in [-0.15, -0.1) is 0 Å². The molecule has 0 aliphatic heterocycles. The molecule has 116 valence electrons. The third kappa shape index (κ3) is 6.76. The number of nitrogens with one attached hydrogen (secondary N) is 1. The van der Waals surface area contributed by atoms with Gasteiger partial charge in [0.2, 0.25) is 0 Å². The molecular weight excluding hydrogens is 274 g/mol. The second-order valence-electron chi connectivity index (χ2n) is 4.42. The van der Waals surface area contributed by atoms with Gasteiger partial charge in [0.15, 0.2) is 0 Å². The highest BCUT2D eigenvalue weighted by atomic mass is 16.6. The van der Waals surface area contributed by atoms with Gasteiger partial charge in [-0.25, -0.2) is 9.59 Å². The van der Waals surface area contributed by atoms with Gasteiger partial charge in [-0.1, -0.05) is 30.3 Å². The quantitative estimate of drug-likeness (QED) is 0.585. The van der Waals surface area contributed by atoms with Crippen molar-refractivity contribution in [3.63, 3.8) is 0 Å². The maximum Gasteiger partial charge on any atom is 0.408 e. The highest BCUT2D eigenvalue weighted by Gasteiger charge is 2.21. The number of hydrogen-bond donors (Lipinski definition) is 1. The van der Waals surface area contributed by atoms with Crippen molar-refractivity contribution in [2.75, 3.05) is 20.8 Å². The van der Waals surface area contributed by atoms with E-state index < -0.39 is 18.1 Å². The first-order valence-electron chi connectivity index (χ1n) is 6.71. The first kappa shape index (κ1) is 17.0. The Morgan fingerprint density at radius 3 is 2.52 bits per heavy atom. The summed E-state index contributed by atoms with van der Waals surface area (Å²) in [5.41, 5.74) is 0.877. The molecule has 1 N–H and O–H groups in total. The predicted molar refractivity (Wildman–Crippen MR) is 76.7 cm³/mol. The lowest BCUT2D eigenvalue weighted by atomic mass is 10.1. The van der Waals surface area contributed by atoms with Crippen molar-refractivity contribution in [3.8, 4) is 0 Å². The highest BCUT2D eigenvalue weighted by molar-refractivity contribution is 5.81. The summed E-state index contributed by atoms with van der Waals surface area (Å²) in [6, 6.07) is 8.57.